The number of carbonyl (C=O) groups is 1. The maximum absolute atomic E-state index is 11.8. The molecule has 1 unspecified atom stereocenters. The Morgan fingerprint density at radius 3 is 2.93 bits per heavy atom. The van der Waals surface area contributed by atoms with Crippen LogP contribution in [0.1, 0.15) is 16.8 Å². The van der Waals surface area contributed by atoms with Gasteiger partial charge in [0, 0.05) is 5.56 Å². The molecule has 1 aromatic carbocycles. The summed E-state index contributed by atoms with van der Waals surface area (Å²) in [6.45, 7) is 0.945. The van der Waals surface area contributed by atoms with E-state index in [-0.39, 0.29) is 11.8 Å². The van der Waals surface area contributed by atoms with Crippen molar-refractivity contribution in [2.45, 2.75) is 12.5 Å². The number of Topliss-reactive ketones (excluding diaryl/α,β-unsaturated/α-hetero) is 1. The van der Waals surface area contributed by atoms with Crippen molar-refractivity contribution in [3.05, 3.63) is 29.8 Å². The van der Waals surface area contributed by atoms with Gasteiger partial charge in [0.05, 0.1) is 13.2 Å². The number of hydrogen-bond acceptors (Lipinski definition) is 3. The van der Waals surface area contributed by atoms with Crippen LogP contribution in [0.2, 0.25) is 0 Å². The lowest BCUT2D eigenvalue weighted by Gasteiger charge is -2.26. The fourth-order valence-electron chi connectivity index (χ4n) is 1.49. The van der Waals surface area contributed by atoms with Gasteiger partial charge in [-0.3, -0.25) is 4.79 Å². The third-order valence-electron chi connectivity index (χ3n) is 2.49. The normalized spacial score (nSPS) is 19.9. The van der Waals surface area contributed by atoms with Crippen molar-refractivity contribution >= 4 is 5.78 Å². The largest absolute Gasteiger partial charge is 0.497 e. The van der Waals surface area contributed by atoms with Crippen LogP contribution >= 0.6 is 0 Å². The molecule has 1 aliphatic heterocycles. The first-order chi connectivity index (χ1) is 6.81. The second-order valence-corrected chi connectivity index (χ2v) is 3.39. The molecule has 1 aromatic rings. The van der Waals surface area contributed by atoms with Crippen LogP contribution in [0.3, 0.4) is 0 Å². The Morgan fingerprint density at radius 2 is 2.36 bits per heavy atom. The summed E-state index contributed by atoms with van der Waals surface area (Å²) in [7, 11) is 1.60. The van der Waals surface area contributed by atoms with Crippen molar-refractivity contribution in [3.8, 4) is 5.75 Å². The second-order valence-electron chi connectivity index (χ2n) is 3.39. The van der Waals surface area contributed by atoms with E-state index in [4.69, 9.17) is 4.74 Å². The molecule has 1 heterocycles. The SMILES string of the molecule is COc1cccc(C(=O)C2CCN2)c1. The van der Waals surface area contributed by atoms with Gasteiger partial charge in [0.25, 0.3) is 0 Å². The van der Waals surface area contributed by atoms with E-state index in [0.717, 1.165) is 24.3 Å². The number of carbonyl (C=O) groups excluding carboxylic acids is 1. The van der Waals surface area contributed by atoms with E-state index in [1.54, 1.807) is 13.2 Å². The Balaban J connectivity index is 2.18. The summed E-state index contributed by atoms with van der Waals surface area (Å²) in [6, 6.07) is 7.30. The highest BCUT2D eigenvalue weighted by Gasteiger charge is 2.25. The minimum absolute atomic E-state index is 0.0158. The van der Waals surface area contributed by atoms with Crippen LogP contribution in [0.4, 0.5) is 0 Å². The molecule has 14 heavy (non-hydrogen) atoms. The molecule has 1 aliphatic rings. The molecule has 3 heteroatoms. The molecule has 0 radical (unpaired) electrons. The van der Waals surface area contributed by atoms with Crippen LogP contribution in [-0.2, 0) is 0 Å². The van der Waals surface area contributed by atoms with E-state index in [0.29, 0.717) is 0 Å². The zero-order valence-corrected chi connectivity index (χ0v) is 8.12. The Kier molecular flexibility index (Phi) is 2.50. The summed E-state index contributed by atoms with van der Waals surface area (Å²) in [5, 5.41) is 3.09. The molecule has 0 amide bonds. The van der Waals surface area contributed by atoms with E-state index in [2.05, 4.69) is 5.32 Å². The average Bonchev–Trinajstić information content (AvgIpc) is 2.15. The molecule has 0 aliphatic carbocycles. The average molecular weight is 191 g/mol. The van der Waals surface area contributed by atoms with Crippen molar-refractivity contribution in [1.29, 1.82) is 0 Å². The molecular formula is C11H13NO2. The molecule has 0 spiro atoms. The molecule has 1 saturated heterocycles. The van der Waals surface area contributed by atoms with Crippen molar-refractivity contribution in [3.63, 3.8) is 0 Å². The van der Waals surface area contributed by atoms with Crippen molar-refractivity contribution < 1.29 is 9.53 Å². The fourth-order valence-corrected chi connectivity index (χ4v) is 1.49. The van der Waals surface area contributed by atoms with Crippen molar-refractivity contribution in [2.75, 3.05) is 13.7 Å². The minimum atomic E-state index is 0.0158. The molecule has 1 atom stereocenters. The molecule has 1 N–H and O–H groups in total. The summed E-state index contributed by atoms with van der Waals surface area (Å²) in [5.41, 5.74) is 0.724. The van der Waals surface area contributed by atoms with E-state index in [1.165, 1.54) is 0 Å². The molecule has 0 aromatic heterocycles. The maximum Gasteiger partial charge on any atom is 0.179 e. The van der Waals surface area contributed by atoms with Gasteiger partial charge in [0.15, 0.2) is 5.78 Å². The number of benzene rings is 1. The van der Waals surface area contributed by atoms with Crippen LogP contribution in [0.25, 0.3) is 0 Å². The summed E-state index contributed by atoms with van der Waals surface area (Å²) in [5.74, 6) is 0.894. The van der Waals surface area contributed by atoms with Crippen LogP contribution in [-0.4, -0.2) is 25.5 Å². The van der Waals surface area contributed by atoms with Crippen molar-refractivity contribution in [1.82, 2.24) is 5.32 Å². The van der Waals surface area contributed by atoms with Crippen molar-refractivity contribution in [2.24, 2.45) is 0 Å². The standard InChI is InChI=1S/C11H13NO2/c1-14-9-4-2-3-8(7-9)11(13)10-5-6-12-10/h2-4,7,10,12H,5-6H2,1H3. The molecule has 2 rings (SSSR count). The Hall–Kier alpha value is -1.35. The molecule has 3 nitrogen and oxygen atoms in total. The Bertz CT molecular complexity index is 345. The minimum Gasteiger partial charge on any atom is -0.497 e. The van der Waals surface area contributed by atoms with Crippen LogP contribution in [0, 0.1) is 0 Å². The number of ether oxygens (including phenoxy) is 1. The van der Waals surface area contributed by atoms with Crippen LogP contribution in [0.5, 0.6) is 5.75 Å². The number of nitrogens with one attached hydrogen (secondary N) is 1. The topological polar surface area (TPSA) is 38.3 Å². The number of hydrogen-bond donors (Lipinski definition) is 1. The van der Waals surface area contributed by atoms with Gasteiger partial charge in [-0.05, 0) is 25.1 Å². The first-order valence-electron chi connectivity index (χ1n) is 4.73. The predicted octanol–water partition coefficient (Wildman–Crippen LogP) is 1.24. The first-order valence-corrected chi connectivity index (χ1v) is 4.73. The van der Waals surface area contributed by atoms with Gasteiger partial charge < -0.3 is 10.1 Å². The van der Waals surface area contributed by atoms with E-state index in [9.17, 15) is 4.79 Å². The highest BCUT2D eigenvalue weighted by molar-refractivity contribution is 6.00. The second kappa shape index (κ2) is 3.80. The molecular weight excluding hydrogens is 178 g/mol. The van der Waals surface area contributed by atoms with Gasteiger partial charge in [-0.2, -0.15) is 0 Å². The highest BCUT2D eigenvalue weighted by Crippen LogP contribution is 2.16. The lowest BCUT2D eigenvalue weighted by atomic mass is 9.97. The zero-order valence-electron chi connectivity index (χ0n) is 8.12. The third kappa shape index (κ3) is 1.63. The predicted molar refractivity (Wildman–Crippen MR) is 53.7 cm³/mol. The third-order valence-corrected chi connectivity index (χ3v) is 2.49. The van der Waals surface area contributed by atoms with Gasteiger partial charge in [-0.25, -0.2) is 0 Å². The van der Waals surface area contributed by atoms with Crippen LogP contribution < -0.4 is 10.1 Å². The molecule has 0 saturated carbocycles. The Morgan fingerprint density at radius 1 is 1.57 bits per heavy atom. The van der Waals surface area contributed by atoms with Gasteiger partial charge >= 0.3 is 0 Å². The number of ketones is 1. The van der Waals surface area contributed by atoms with Gasteiger partial charge in [0.1, 0.15) is 5.75 Å². The lowest BCUT2D eigenvalue weighted by molar-refractivity contribution is 0.0904. The summed E-state index contributed by atoms with van der Waals surface area (Å²) in [4.78, 5) is 11.8. The molecule has 74 valence electrons. The van der Waals surface area contributed by atoms with E-state index >= 15 is 0 Å². The maximum atomic E-state index is 11.8. The van der Waals surface area contributed by atoms with Gasteiger partial charge in [0.2, 0.25) is 0 Å². The first kappa shape index (κ1) is 9.21. The monoisotopic (exact) mass is 191 g/mol. The van der Waals surface area contributed by atoms with E-state index < -0.39 is 0 Å². The fraction of sp³-hybridized carbons (Fsp3) is 0.364. The highest BCUT2D eigenvalue weighted by atomic mass is 16.5. The Labute approximate surface area is 83.1 Å². The van der Waals surface area contributed by atoms with Gasteiger partial charge in [-0.1, -0.05) is 12.1 Å². The molecule has 0 bridgehead atoms. The van der Waals surface area contributed by atoms with Gasteiger partial charge in [-0.15, -0.1) is 0 Å². The summed E-state index contributed by atoms with van der Waals surface area (Å²) < 4.78 is 5.06. The molecule has 1 fully saturated rings. The van der Waals surface area contributed by atoms with E-state index in [1.807, 2.05) is 18.2 Å². The number of rotatable bonds is 3. The smallest absolute Gasteiger partial charge is 0.179 e. The zero-order chi connectivity index (χ0) is 9.97. The number of methoxy groups -OCH3 is 1. The lowest BCUT2D eigenvalue weighted by Crippen LogP contribution is -2.48. The summed E-state index contributed by atoms with van der Waals surface area (Å²) >= 11 is 0. The summed E-state index contributed by atoms with van der Waals surface area (Å²) in [6.07, 6.45) is 0.941. The van der Waals surface area contributed by atoms with Crippen LogP contribution in [0.15, 0.2) is 24.3 Å². The quantitative estimate of drug-likeness (QED) is 0.730.